The number of nitrogen functional groups attached to an aromatic ring is 1. The molecule has 0 aliphatic heterocycles. The fraction of sp³-hybridized carbons (Fsp3) is 0.364. The number of sulfonamides is 1. The van der Waals surface area contributed by atoms with Gasteiger partial charge in [0.05, 0.1) is 17.0 Å². The van der Waals surface area contributed by atoms with Gasteiger partial charge in [0, 0.05) is 19.3 Å². The van der Waals surface area contributed by atoms with E-state index in [4.69, 9.17) is 22.6 Å². The first kappa shape index (κ1) is 14.8. The SMILES string of the molecule is CC(C#N)CN(C)S(=O)(=O)c1cc(N)ccc1Cl. The molecular formula is C11H14ClN3O2S. The van der Waals surface area contributed by atoms with Crippen molar-refractivity contribution in [1.29, 1.82) is 5.26 Å². The second kappa shape index (κ2) is 5.57. The maximum Gasteiger partial charge on any atom is 0.244 e. The summed E-state index contributed by atoms with van der Waals surface area (Å²) in [7, 11) is -2.32. The van der Waals surface area contributed by atoms with Crippen LogP contribution in [0.2, 0.25) is 5.02 Å². The van der Waals surface area contributed by atoms with Crippen molar-refractivity contribution in [2.45, 2.75) is 11.8 Å². The van der Waals surface area contributed by atoms with Crippen LogP contribution in [0.4, 0.5) is 5.69 Å². The summed E-state index contributed by atoms with van der Waals surface area (Å²) in [6.45, 7) is 1.75. The van der Waals surface area contributed by atoms with Gasteiger partial charge in [-0.15, -0.1) is 0 Å². The van der Waals surface area contributed by atoms with E-state index >= 15 is 0 Å². The Hall–Kier alpha value is -1.29. The second-order valence-corrected chi connectivity index (χ2v) is 6.43. The third kappa shape index (κ3) is 3.13. The first-order valence-electron chi connectivity index (χ1n) is 5.20. The zero-order valence-corrected chi connectivity index (χ0v) is 11.7. The Balaban J connectivity index is 3.14. The quantitative estimate of drug-likeness (QED) is 0.854. The Kier molecular flexibility index (Phi) is 4.57. The molecule has 1 rings (SSSR count). The topological polar surface area (TPSA) is 87.2 Å². The van der Waals surface area contributed by atoms with Crippen LogP contribution in [0, 0.1) is 17.2 Å². The van der Waals surface area contributed by atoms with E-state index in [-0.39, 0.29) is 16.5 Å². The number of halogens is 1. The number of hydrogen-bond acceptors (Lipinski definition) is 4. The highest BCUT2D eigenvalue weighted by Gasteiger charge is 2.25. The molecule has 2 N–H and O–H groups in total. The zero-order chi connectivity index (χ0) is 13.9. The number of rotatable bonds is 4. The minimum Gasteiger partial charge on any atom is -0.399 e. The van der Waals surface area contributed by atoms with Gasteiger partial charge in [0.1, 0.15) is 4.90 Å². The number of benzene rings is 1. The highest BCUT2D eigenvalue weighted by Crippen LogP contribution is 2.26. The lowest BCUT2D eigenvalue weighted by molar-refractivity contribution is 0.439. The molecule has 7 heteroatoms. The molecule has 0 aliphatic rings. The van der Waals surface area contributed by atoms with E-state index in [9.17, 15) is 8.42 Å². The molecule has 0 saturated carbocycles. The van der Waals surface area contributed by atoms with Gasteiger partial charge in [0.25, 0.3) is 0 Å². The zero-order valence-electron chi connectivity index (χ0n) is 10.1. The van der Waals surface area contributed by atoms with Crippen LogP contribution in [0.25, 0.3) is 0 Å². The first-order chi connectivity index (χ1) is 8.28. The Bertz CT molecular complexity index is 580. The van der Waals surface area contributed by atoms with Crippen molar-refractivity contribution in [3.05, 3.63) is 23.2 Å². The Morgan fingerprint density at radius 2 is 2.17 bits per heavy atom. The summed E-state index contributed by atoms with van der Waals surface area (Å²) in [5.41, 5.74) is 5.88. The van der Waals surface area contributed by atoms with Crippen LogP contribution in [0.1, 0.15) is 6.92 Å². The van der Waals surface area contributed by atoms with E-state index in [1.54, 1.807) is 6.92 Å². The molecular weight excluding hydrogens is 274 g/mol. The number of nitrogens with two attached hydrogens (primary N) is 1. The third-order valence-corrected chi connectivity index (χ3v) is 4.70. The molecule has 0 spiro atoms. The smallest absolute Gasteiger partial charge is 0.244 e. The molecule has 1 atom stereocenters. The van der Waals surface area contributed by atoms with Crippen LogP contribution in [-0.4, -0.2) is 26.3 Å². The molecule has 98 valence electrons. The standard InChI is InChI=1S/C11H14ClN3O2S/c1-8(6-13)7-15(2)18(16,17)11-5-9(14)3-4-10(11)12/h3-5,8H,7,14H2,1-2H3. The van der Waals surface area contributed by atoms with E-state index in [0.29, 0.717) is 5.69 Å². The third-order valence-electron chi connectivity index (χ3n) is 2.39. The van der Waals surface area contributed by atoms with E-state index in [1.807, 2.05) is 6.07 Å². The molecule has 0 radical (unpaired) electrons. The van der Waals surface area contributed by atoms with Gasteiger partial charge in [-0.3, -0.25) is 0 Å². The maximum absolute atomic E-state index is 12.2. The number of hydrogen-bond donors (Lipinski definition) is 1. The average Bonchev–Trinajstić information content (AvgIpc) is 2.31. The van der Waals surface area contributed by atoms with Crippen LogP contribution >= 0.6 is 11.6 Å². The van der Waals surface area contributed by atoms with Crippen molar-refractivity contribution in [2.75, 3.05) is 19.3 Å². The van der Waals surface area contributed by atoms with Crippen LogP contribution in [0.15, 0.2) is 23.1 Å². The van der Waals surface area contributed by atoms with E-state index in [0.717, 1.165) is 4.31 Å². The van der Waals surface area contributed by atoms with Gasteiger partial charge in [-0.1, -0.05) is 11.6 Å². The Labute approximate surface area is 112 Å². The number of anilines is 1. The molecule has 0 amide bonds. The van der Waals surface area contributed by atoms with Crippen molar-refractivity contribution in [3.63, 3.8) is 0 Å². The Morgan fingerprint density at radius 1 is 1.56 bits per heavy atom. The molecule has 0 aromatic heterocycles. The molecule has 1 aromatic rings. The summed E-state index contributed by atoms with van der Waals surface area (Å²) in [6, 6.07) is 6.26. The van der Waals surface area contributed by atoms with Crippen molar-refractivity contribution < 1.29 is 8.42 Å². The molecule has 0 fully saturated rings. The highest BCUT2D eigenvalue weighted by molar-refractivity contribution is 7.89. The average molecular weight is 288 g/mol. The molecule has 18 heavy (non-hydrogen) atoms. The van der Waals surface area contributed by atoms with E-state index < -0.39 is 15.9 Å². The van der Waals surface area contributed by atoms with Crippen molar-refractivity contribution in [3.8, 4) is 6.07 Å². The lowest BCUT2D eigenvalue weighted by atomic mass is 10.2. The number of nitriles is 1. The molecule has 1 aromatic carbocycles. The summed E-state index contributed by atoms with van der Waals surface area (Å²) in [4.78, 5) is -0.0446. The maximum atomic E-state index is 12.2. The predicted molar refractivity (Wildman–Crippen MR) is 70.5 cm³/mol. The van der Waals surface area contributed by atoms with E-state index in [2.05, 4.69) is 0 Å². The normalized spacial score (nSPS) is 13.3. The predicted octanol–water partition coefficient (Wildman–Crippen LogP) is 1.70. The van der Waals surface area contributed by atoms with Crippen molar-refractivity contribution in [1.82, 2.24) is 4.31 Å². The van der Waals surface area contributed by atoms with Crippen LogP contribution in [-0.2, 0) is 10.0 Å². The molecule has 1 unspecified atom stereocenters. The molecule has 0 heterocycles. The van der Waals surface area contributed by atoms with Crippen molar-refractivity contribution >= 4 is 27.3 Å². The van der Waals surface area contributed by atoms with Crippen LogP contribution in [0.3, 0.4) is 0 Å². The summed E-state index contributed by atoms with van der Waals surface area (Å²) < 4.78 is 25.6. The van der Waals surface area contributed by atoms with Gasteiger partial charge in [0.15, 0.2) is 0 Å². The largest absolute Gasteiger partial charge is 0.399 e. The van der Waals surface area contributed by atoms with Gasteiger partial charge < -0.3 is 5.73 Å². The van der Waals surface area contributed by atoms with Gasteiger partial charge in [-0.2, -0.15) is 9.57 Å². The fourth-order valence-corrected chi connectivity index (χ4v) is 3.18. The van der Waals surface area contributed by atoms with E-state index in [1.165, 1.54) is 25.2 Å². The number of nitrogens with zero attached hydrogens (tertiary/aromatic N) is 2. The van der Waals surface area contributed by atoms with Crippen LogP contribution in [0.5, 0.6) is 0 Å². The Morgan fingerprint density at radius 3 is 2.72 bits per heavy atom. The van der Waals surface area contributed by atoms with Gasteiger partial charge >= 0.3 is 0 Å². The molecule has 0 bridgehead atoms. The summed E-state index contributed by atoms with van der Waals surface area (Å²) >= 11 is 5.87. The second-order valence-electron chi connectivity index (χ2n) is 4.01. The summed E-state index contributed by atoms with van der Waals surface area (Å²) in [5.74, 6) is -0.399. The van der Waals surface area contributed by atoms with Crippen molar-refractivity contribution in [2.24, 2.45) is 5.92 Å². The highest BCUT2D eigenvalue weighted by atomic mass is 35.5. The van der Waals surface area contributed by atoms with Gasteiger partial charge in [-0.25, -0.2) is 8.42 Å². The molecule has 0 aliphatic carbocycles. The van der Waals surface area contributed by atoms with Crippen LogP contribution < -0.4 is 5.73 Å². The first-order valence-corrected chi connectivity index (χ1v) is 7.02. The lowest BCUT2D eigenvalue weighted by Gasteiger charge is -2.19. The van der Waals surface area contributed by atoms with Gasteiger partial charge in [-0.05, 0) is 25.1 Å². The minimum atomic E-state index is -3.73. The fourth-order valence-electron chi connectivity index (χ4n) is 1.41. The van der Waals surface area contributed by atoms with Gasteiger partial charge in [0.2, 0.25) is 10.0 Å². The lowest BCUT2D eigenvalue weighted by Crippen LogP contribution is -2.31. The summed E-state index contributed by atoms with van der Waals surface area (Å²) in [6.07, 6.45) is 0. The monoisotopic (exact) mass is 287 g/mol. The minimum absolute atomic E-state index is 0.0446. The molecule has 5 nitrogen and oxygen atoms in total. The summed E-state index contributed by atoms with van der Waals surface area (Å²) in [5, 5.41) is 8.81. The molecule has 0 saturated heterocycles.